The summed E-state index contributed by atoms with van der Waals surface area (Å²) in [7, 11) is 0. The van der Waals surface area contributed by atoms with Crippen LogP contribution in [0.15, 0.2) is 72.9 Å². The van der Waals surface area contributed by atoms with E-state index in [4.69, 9.17) is 0 Å². The van der Waals surface area contributed by atoms with Gasteiger partial charge in [-0.1, -0.05) is 29.8 Å². The SMILES string of the molecule is O=C(c1cccc(-c2cccc(-c3ccccn3)n2)n1)c1[c-]cc(F)cc1F.[Pt]. The average Bonchev–Trinajstić information content (AvgIpc) is 2.74. The van der Waals surface area contributed by atoms with E-state index in [1.54, 1.807) is 24.4 Å². The molecular formula is C22H12F2N3OPt-. The van der Waals surface area contributed by atoms with Crippen LogP contribution in [-0.2, 0) is 21.1 Å². The van der Waals surface area contributed by atoms with Gasteiger partial charge >= 0.3 is 0 Å². The van der Waals surface area contributed by atoms with Crippen LogP contribution in [0.3, 0.4) is 0 Å². The number of hydrogen-bond donors (Lipinski definition) is 0. The van der Waals surface area contributed by atoms with Crippen LogP contribution in [0, 0.1) is 17.7 Å². The Morgan fingerprint density at radius 1 is 0.828 bits per heavy atom. The Labute approximate surface area is 180 Å². The third-order valence-corrected chi connectivity index (χ3v) is 4.01. The maximum atomic E-state index is 13.9. The molecule has 1 aromatic carbocycles. The standard InChI is InChI=1S/C22H12F2N3O.Pt/c23-14-10-11-15(16(24)13-14)22(28)21-9-4-8-20(27-21)19-7-3-6-18(26-19)17-5-1-2-12-25-17;/h1-10,12-13H;/q-1;. The van der Waals surface area contributed by atoms with Gasteiger partial charge in [0.2, 0.25) is 0 Å². The van der Waals surface area contributed by atoms with Crippen molar-refractivity contribution in [1.29, 1.82) is 0 Å². The third kappa shape index (κ3) is 4.49. The summed E-state index contributed by atoms with van der Waals surface area (Å²) in [6, 6.07) is 19.6. The fourth-order valence-electron chi connectivity index (χ4n) is 2.69. The van der Waals surface area contributed by atoms with Crippen LogP contribution >= 0.6 is 0 Å². The van der Waals surface area contributed by atoms with Gasteiger partial charge in [-0.3, -0.25) is 18.7 Å². The van der Waals surface area contributed by atoms with Crippen LogP contribution in [0.4, 0.5) is 8.78 Å². The molecule has 7 heteroatoms. The first-order chi connectivity index (χ1) is 13.6. The summed E-state index contributed by atoms with van der Waals surface area (Å²) < 4.78 is 27.0. The molecule has 3 aromatic heterocycles. The zero-order chi connectivity index (χ0) is 19.5. The van der Waals surface area contributed by atoms with Crippen molar-refractivity contribution in [2.75, 3.05) is 0 Å². The molecule has 0 saturated heterocycles. The van der Waals surface area contributed by atoms with Crippen LogP contribution in [-0.4, -0.2) is 20.7 Å². The molecule has 0 bridgehead atoms. The second-order valence-electron chi connectivity index (χ2n) is 5.90. The molecule has 0 saturated carbocycles. The fraction of sp³-hybridized carbons (Fsp3) is 0. The first-order valence-corrected chi connectivity index (χ1v) is 8.39. The van der Waals surface area contributed by atoms with E-state index in [-0.39, 0.29) is 32.3 Å². The van der Waals surface area contributed by atoms with Crippen LogP contribution < -0.4 is 0 Å². The van der Waals surface area contributed by atoms with Crippen molar-refractivity contribution < 1.29 is 34.6 Å². The van der Waals surface area contributed by atoms with Gasteiger partial charge in [0.25, 0.3) is 0 Å². The number of rotatable bonds is 4. The molecule has 29 heavy (non-hydrogen) atoms. The molecule has 0 N–H and O–H groups in total. The molecule has 4 nitrogen and oxygen atoms in total. The first-order valence-electron chi connectivity index (χ1n) is 8.39. The number of hydrogen-bond acceptors (Lipinski definition) is 4. The van der Waals surface area contributed by atoms with Gasteiger partial charge in [-0.25, -0.2) is 4.98 Å². The second-order valence-corrected chi connectivity index (χ2v) is 5.90. The Bertz CT molecular complexity index is 1170. The molecule has 4 aromatic rings. The number of aromatic nitrogens is 3. The van der Waals surface area contributed by atoms with Crippen LogP contribution in [0.25, 0.3) is 22.8 Å². The van der Waals surface area contributed by atoms with E-state index < -0.39 is 17.4 Å². The Kier molecular flexibility index (Phi) is 6.35. The van der Waals surface area contributed by atoms with Gasteiger partial charge in [-0.2, -0.15) is 0 Å². The van der Waals surface area contributed by atoms with E-state index in [2.05, 4.69) is 21.0 Å². The zero-order valence-corrected chi connectivity index (χ0v) is 17.0. The van der Waals surface area contributed by atoms with Crippen LogP contribution in [0.2, 0.25) is 0 Å². The molecule has 0 aliphatic rings. The minimum Gasteiger partial charge on any atom is -0.345 e. The van der Waals surface area contributed by atoms with Gasteiger partial charge in [0.15, 0.2) is 0 Å². The van der Waals surface area contributed by atoms with Gasteiger partial charge in [0.05, 0.1) is 28.5 Å². The topological polar surface area (TPSA) is 55.7 Å². The Morgan fingerprint density at radius 3 is 2.17 bits per heavy atom. The van der Waals surface area contributed by atoms with Crippen molar-refractivity contribution in [3.8, 4) is 22.8 Å². The molecule has 0 aliphatic heterocycles. The minimum atomic E-state index is -0.979. The number of benzene rings is 1. The van der Waals surface area contributed by atoms with Crippen LogP contribution in [0.5, 0.6) is 0 Å². The van der Waals surface area contributed by atoms with Gasteiger partial charge in [0, 0.05) is 38.9 Å². The molecule has 0 radical (unpaired) electrons. The number of halogens is 2. The predicted molar refractivity (Wildman–Crippen MR) is 99.3 cm³/mol. The summed E-state index contributed by atoms with van der Waals surface area (Å²) in [5.74, 6) is -2.46. The summed E-state index contributed by atoms with van der Waals surface area (Å²) in [5, 5.41) is 0. The summed E-state index contributed by atoms with van der Waals surface area (Å²) in [5.41, 5.74) is 2.02. The Hall–Kier alpha value is -3.11. The Balaban J connectivity index is 0.00000240. The monoisotopic (exact) mass is 567 g/mol. The number of ketones is 1. The second kappa shape index (κ2) is 8.93. The van der Waals surface area contributed by atoms with E-state index in [0.29, 0.717) is 28.8 Å². The van der Waals surface area contributed by atoms with Crippen molar-refractivity contribution in [3.05, 3.63) is 102 Å². The number of nitrogens with zero attached hydrogens (tertiary/aromatic N) is 3. The maximum Gasteiger partial charge on any atom is 0.129 e. The van der Waals surface area contributed by atoms with Crippen molar-refractivity contribution in [3.63, 3.8) is 0 Å². The van der Waals surface area contributed by atoms with Crippen molar-refractivity contribution in [1.82, 2.24) is 15.0 Å². The first kappa shape index (κ1) is 20.6. The van der Waals surface area contributed by atoms with Gasteiger partial charge in [-0.15, -0.1) is 12.1 Å². The number of pyridine rings is 3. The van der Waals surface area contributed by atoms with Crippen molar-refractivity contribution in [2.24, 2.45) is 0 Å². The largest absolute Gasteiger partial charge is 0.345 e. The van der Waals surface area contributed by atoms with Crippen molar-refractivity contribution in [2.45, 2.75) is 0 Å². The molecule has 3 heterocycles. The van der Waals surface area contributed by atoms with E-state index in [9.17, 15) is 13.6 Å². The van der Waals surface area contributed by atoms with Gasteiger partial charge < -0.3 is 4.79 Å². The average molecular weight is 567 g/mol. The maximum absolute atomic E-state index is 13.9. The van der Waals surface area contributed by atoms with E-state index in [1.807, 2.05) is 30.3 Å². The van der Waals surface area contributed by atoms with Gasteiger partial charge in [0.1, 0.15) is 5.78 Å². The number of carbonyl (C=O) groups is 1. The summed E-state index contributed by atoms with van der Waals surface area (Å²) >= 11 is 0. The summed E-state index contributed by atoms with van der Waals surface area (Å²) in [4.78, 5) is 25.7. The van der Waals surface area contributed by atoms with E-state index in [0.717, 1.165) is 6.07 Å². The molecule has 0 spiro atoms. The zero-order valence-electron chi connectivity index (χ0n) is 14.8. The molecule has 0 amide bonds. The smallest absolute Gasteiger partial charge is 0.129 e. The van der Waals surface area contributed by atoms with Gasteiger partial charge in [-0.05, 0) is 36.4 Å². The third-order valence-electron chi connectivity index (χ3n) is 4.01. The summed E-state index contributed by atoms with van der Waals surface area (Å²) in [6.45, 7) is 0. The fourth-order valence-corrected chi connectivity index (χ4v) is 2.69. The predicted octanol–water partition coefficient (Wildman–Crippen LogP) is 4.51. The van der Waals surface area contributed by atoms with Crippen LogP contribution in [0.1, 0.15) is 16.1 Å². The minimum absolute atomic E-state index is 0. The molecule has 0 aliphatic carbocycles. The molecule has 4 rings (SSSR count). The molecule has 146 valence electrons. The van der Waals surface area contributed by atoms with E-state index >= 15 is 0 Å². The summed E-state index contributed by atoms with van der Waals surface area (Å²) in [6.07, 6.45) is 1.68. The quantitative estimate of drug-likeness (QED) is 0.269. The molecular weight excluding hydrogens is 555 g/mol. The Morgan fingerprint density at radius 2 is 1.48 bits per heavy atom. The van der Waals surface area contributed by atoms with Crippen molar-refractivity contribution >= 4 is 5.78 Å². The normalized spacial score (nSPS) is 10.3. The number of carbonyl (C=O) groups excluding carboxylic acids is 1. The van der Waals surface area contributed by atoms with E-state index in [1.165, 1.54) is 6.07 Å². The molecule has 0 atom stereocenters. The molecule has 0 unspecified atom stereocenters. The molecule has 0 fully saturated rings.